The summed E-state index contributed by atoms with van der Waals surface area (Å²) in [5, 5.41) is 7.95. The Labute approximate surface area is 132 Å². The molecule has 1 saturated heterocycles. The Hall–Kier alpha value is -1.83. The van der Waals surface area contributed by atoms with Crippen molar-refractivity contribution >= 4 is 17.4 Å². The van der Waals surface area contributed by atoms with Crippen molar-refractivity contribution < 1.29 is 9.32 Å². The summed E-state index contributed by atoms with van der Waals surface area (Å²) < 4.78 is 9.27. The van der Waals surface area contributed by atoms with Crippen LogP contribution in [0.25, 0.3) is 0 Å². The van der Waals surface area contributed by atoms with Gasteiger partial charge < -0.3 is 9.42 Å². The van der Waals surface area contributed by atoms with Crippen LogP contribution in [-0.4, -0.2) is 37.1 Å². The first kappa shape index (κ1) is 15.1. The van der Waals surface area contributed by atoms with Gasteiger partial charge in [0.25, 0.3) is 5.91 Å². The maximum atomic E-state index is 12.8. The number of nitrogens with zero attached hydrogens (tertiary/aromatic N) is 5. The van der Waals surface area contributed by atoms with Crippen molar-refractivity contribution in [3.8, 4) is 0 Å². The van der Waals surface area contributed by atoms with Gasteiger partial charge >= 0.3 is 0 Å². The lowest BCUT2D eigenvalue weighted by molar-refractivity contribution is 0.0565. The van der Waals surface area contributed by atoms with E-state index in [-0.39, 0.29) is 17.9 Å². The Morgan fingerprint density at radius 3 is 2.86 bits per heavy atom. The van der Waals surface area contributed by atoms with Crippen LogP contribution in [0.2, 0.25) is 0 Å². The van der Waals surface area contributed by atoms with Gasteiger partial charge in [0.1, 0.15) is 10.9 Å². The van der Waals surface area contributed by atoms with E-state index in [9.17, 15) is 4.79 Å². The molecule has 0 spiro atoms. The largest absolute Gasteiger partial charge is 0.337 e. The van der Waals surface area contributed by atoms with Gasteiger partial charge in [-0.05, 0) is 37.7 Å². The first-order valence-electron chi connectivity index (χ1n) is 7.51. The number of likely N-dealkylation sites (tertiary alicyclic amines) is 1. The molecule has 1 fully saturated rings. The molecular weight excluding hydrogens is 302 g/mol. The van der Waals surface area contributed by atoms with Crippen LogP contribution in [0.1, 0.15) is 72.2 Å². The van der Waals surface area contributed by atoms with E-state index < -0.39 is 0 Å². The molecular formula is C14H19N5O2S. The number of hydrogen-bond acceptors (Lipinski definition) is 7. The molecule has 7 nitrogen and oxygen atoms in total. The minimum atomic E-state index is -0.150. The molecule has 1 amide bonds. The molecule has 3 heterocycles. The van der Waals surface area contributed by atoms with E-state index in [0.29, 0.717) is 28.8 Å². The summed E-state index contributed by atoms with van der Waals surface area (Å²) in [5.41, 5.74) is 0.674. The molecule has 0 aromatic carbocycles. The second-order valence-electron chi connectivity index (χ2n) is 5.84. The molecule has 1 atom stereocenters. The van der Waals surface area contributed by atoms with Gasteiger partial charge in [-0.25, -0.2) is 0 Å². The summed E-state index contributed by atoms with van der Waals surface area (Å²) >= 11 is 1.14. The fraction of sp³-hybridized carbons (Fsp3) is 0.643. The summed E-state index contributed by atoms with van der Waals surface area (Å²) in [6.45, 7) is 6.54. The van der Waals surface area contributed by atoms with E-state index in [4.69, 9.17) is 4.52 Å². The molecule has 1 unspecified atom stereocenters. The second-order valence-corrected chi connectivity index (χ2v) is 6.60. The lowest BCUT2D eigenvalue weighted by Gasteiger charge is -2.33. The average Bonchev–Trinajstić information content (AvgIpc) is 3.15. The van der Waals surface area contributed by atoms with Crippen LogP contribution in [0.3, 0.4) is 0 Å². The highest BCUT2D eigenvalue weighted by Gasteiger charge is 2.34. The van der Waals surface area contributed by atoms with Crippen molar-refractivity contribution in [1.29, 1.82) is 0 Å². The number of piperidine rings is 1. The highest BCUT2D eigenvalue weighted by atomic mass is 32.1. The zero-order chi connectivity index (χ0) is 15.7. The van der Waals surface area contributed by atoms with Crippen molar-refractivity contribution in [2.24, 2.45) is 0 Å². The minimum absolute atomic E-state index is 0.0403. The molecule has 8 heteroatoms. The lowest BCUT2D eigenvalue weighted by atomic mass is 10.0. The Balaban J connectivity index is 1.87. The molecule has 0 aliphatic carbocycles. The second kappa shape index (κ2) is 6.12. The van der Waals surface area contributed by atoms with Gasteiger partial charge in [-0.2, -0.15) is 4.98 Å². The Morgan fingerprint density at radius 2 is 2.23 bits per heavy atom. The Kier molecular flexibility index (Phi) is 4.19. The van der Waals surface area contributed by atoms with Crippen LogP contribution < -0.4 is 0 Å². The summed E-state index contributed by atoms with van der Waals surface area (Å²) in [6.07, 6.45) is 2.88. The number of aromatic nitrogens is 4. The quantitative estimate of drug-likeness (QED) is 0.864. The summed E-state index contributed by atoms with van der Waals surface area (Å²) in [6, 6.07) is -0.150. The maximum absolute atomic E-state index is 12.8. The molecule has 22 heavy (non-hydrogen) atoms. The van der Waals surface area contributed by atoms with Gasteiger partial charge in [0.15, 0.2) is 5.82 Å². The van der Waals surface area contributed by atoms with Crippen LogP contribution in [0.5, 0.6) is 0 Å². The summed E-state index contributed by atoms with van der Waals surface area (Å²) in [4.78, 5) is 19.7. The van der Waals surface area contributed by atoms with Gasteiger partial charge in [-0.1, -0.05) is 23.5 Å². The van der Waals surface area contributed by atoms with Crippen LogP contribution in [-0.2, 0) is 0 Å². The van der Waals surface area contributed by atoms with Crippen LogP contribution in [0.4, 0.5) is 0 Å². The zero-order valence-corrected chi connectivity index (χ0v) is 13.8. The maximum Gasteiger partial charge on any atom is 0.268 e. The SMILES string of the molecule is Cc1nnsc1C(=O)N1CCCCC1c1nc(C(C)C)no1. The standard InChI is InChI=1S/C14H19N5O2S/c1-8(2)12-15-13(21-17-12)10-6-4-5-7-19(10)14(20)11-9(3)16-18-22-11/h8,10H,4-7H2,1-3H3. The fourth-order valence-electron chi connectivity index (χ4n) is 2.61. The van der Waals surface area contributed by atoms with E-state index >= 15 is 0 Å². The molecule has 0 saturated carbocycles. The summed E-state index contributed by atoms with van der Waals surface area (Å²) in [5.74, 6) is 1.38. The smallest absolute Gasteiger partial charge is 0.268 e. The normalized spacial score (nSPS) is 18.9. The number of rotatable bonds is 3. The molecule has 3 rings (SSSR count). The molecule has 1 aliphatic heterocycles. The van der Waals surface area contributed by atoms with Gasteiger partial charge in [0, 0.05) is 12.5 Å². The number of carbonyl (C=O) groups is 1. The van der Waals surface area contributed by atoms with Gasteiger partial charge in [-0.3, -0.25) is 4.79 Å². The van der Waals surface area contributed by atoms with E-state index in [1.54, 1.807) is 6.92 Å². The van der Waals surface area contributed by atoms with Crippen LogP contribution in [0.15, 0.2) is 4.52 Å². The number of carbonyl (C=O) groups excluding carboxylic acids is 1. The topological polar surface area (TPSA) is 85.0 Å². The van der Waals surface area contributed by atoms with Crippen molar-refractivity contribution in [3.63, 3.8) is 0 Å². The molecule has 118 valence electrons. The first-order chi connectivity index (χ1) is 10.6. The van der Waals surface area contributed by atoms with Crippen molar-refractivity contribution in [1.82, 2.24) is 24.6 Å². The van der Waals surface area contributed by atoms with Crippen molar-refractivity contribution in [2.45, 2.75) is 52.0 Å². The monoisotopic (exact) mass is 321 g/mol. The third-order valence-electron chi connectivity index (χ3n) is 3.87. The highest BCUT2D eigenvalue weighted by molar-refractivity contribution is 7.07. The molecule has 0 bridgehead atoms. The van der Waals surface area contributed by atoms with Gasteiger partial charge in [-0.15, -0.1) is 5.10 Å². The number of aryl methyl sites for hydroxylation is 1. The number of hydrogen-bond donors (Lipinski definition) is 0. The van der Waals surface area contributed by atoms with Crippen molar-refractivity contribution in [3.05, 3.63) is 22.3 Å². The van der Waals surface area contributed by atoms with E-state index in [1.165, 1.54) is 0 Å². The minimum Gasteiger partial charge on any atom is -0.337 e. The number of amides is 1. The third-order valence-corrected chi connectivity index (χ3v) is 4.68. The lowest BCUT2D eigenvalue weighted by Crippen LogP contribution is -2.38. The molecule has 0 radical (unpaired) electrons. The summed E-state index contributed by atoms with van der Waals surface area (Å²) in [7, 11) is 0. The molecule has 2 aromatic rings. The predicted molar refractivity (Wildman–Crippen MR) is 80.7 cm³/mol. The molecule has 1 aliphatic rings. The van der Waals surface area contributed by atoms with Crippen molar-refractivity contribution in [2.75, 3.05) is 6.54 Å². The predicted octanol–water partition coefficient (Wildman–Crippen LogP) is 2.72. The van der Waals surface area contributed by atoms with E-state index in [1.807, 2.05) is 18.7 Å². The Bertz CT molecular complexity index is 666. The van der Waals surface area contributed by atoms with Gasteiger partial charge in [0.2, 0.25) is 5.89 Å². The highest BCUT2D eigenvalue weighted by Crippen LogP contribution is 2.32. The van der Waals surface area contributed by atoms with Crippen LogP contribution in [0, 0.1) is 6.92 Å². The van der Waals surface area contributed by atoms with Gasteiger partial charge in [0.05, 0.1) is 5.69 Å². The average molecular weight is 321 g/mol. The molecule has 2 aromatic heterocycles. The third kappa shape index (κ3) is 2.75. The van der Waals surface area contributed by atoms with Crippen LogP contribution >= 0.6 is 11.5 Å². The van der Waals surface area contributed by atoms with E-state index in [2.05, 4.69) is 19.7 Å². The Morgan fingerprint density at radius 1 is 1.41 bits per heavy atom. The molecule has 0 N–H and O–H groups in total. The first-order valence-corrected chi connectivity index (χ1v) is 8.28. The zero-order valence-electron chi connectivity index (χ0n) is 12.9. The fourth-order valence-corrected chi connectivity index (χ4v) is 3.22. The van der Waals surface area contributed by atoms with E-state index in [0.717, 1.165) is 30.8 Å².